The minimum atomic E-state index is -0.635. The van der Waals surface area contributed by atoms with Crippen LogP contribution >= 0.6 is 0 Å². The van der Waals surface area contributed by atoms with E-state index in [1.54, 1.807) is 10.9 Å². The lowest BCUT2D eigenvalue weighted by Crippen LogP contribution is -2.29. The van der Waals surface area contributed by atoms with Crippen molar-refractivity contribution in [3.8, 4) is 17.2 Å². The molecule has 0 spiro atoms. The highest BCUT2D eigenvalue weighted by molar-refractivity contribution is 5.71. The number of rotatable bonds is 1. The van der Waals surface area contributed by atoms with Crippen LogP contribution in [0, 0.1) is 0 Å². The van der Waals surface area contributed by atoms with Crippen molar-refractivity contribution in [2.75, 3.05) is 0 Å². The summed E-state index contributed by atoms with van der Waals surface area (Å²) in [5.74, 6) is 0.798. The Kier molecular flexibility index (Phi) is 2.07. The molecule has 3 aromatic rings. The van der Waals surface area contributed by atoms with E-state index >= 15 is 0 Å². The number of hydrogen-bond donors (Lipinski definition) is 0. The van der Waals surface area contributed by atoms with Gasteiger partial charge in [-0.15, -0.1) is 5.10 Å². The van der Waals surface area contributed by atoms with E-state index in [0.717, 1.165) is 17.0 Å². The van der Waals surface area contributed by atoms with Gasteiger partial charge in [-0.3, -0.25) is 0 Å². The van der Waals surface area contributed by atoms with E-state index in [4.69, 9.17) is 9.47 Å². The second-order valence-electron chi connectivity index (χ2n) is 5.08. The van der Waals surface area contributed by atoms with Crippen LogP contribution in [0.5, 0.6) is 11.5 Å². The van der Waals surface area contributed by atoms with Crippen LogP contribution in [0.2, 0.25) is 0 Å². The summed E-state index contributed by atoms with van der Waals surface area (Å²) >= 11 is 0. The molecule has 0 saturated carbocycles. The van der Waals surface area contributed by atoms with Crippen LogP contribution in [0.1, 0.15) is 13.8 Å². The Bertz CT molecular complexity index is 810. The van der Waals surface area contributed by atoms with Gasteiger partial charge in [0.05, 0.1) is 5.69 Å². The number of pyridine rings is 1. The molecule has 0 atom stereocenters. The quantitative estimate of drug-likeness (QED) is 0.677. The second kappa shape index (κ2) is 3.69. The first-order valence-corrected chi connectivity index (χ1v) is 6.31. The summed E-state index contributed by atoms with van der Waals surface area (Å²) in [6.07, 6.45) is 1.72. The van der Waals surface area contributed by atoms with Crippen molar-refractivity contribution < 1.29 is 9.47 Å². The molecule has 6 heteroatoms. The van der Waals surface area contributed by atoms with Crippen molar-refractivity contribution in [3.05, 3.63) is 36.5 Å². The fourth-order valence-electron chi connectivity index (χ4n) is 2.28. The molecule has 0 unspecified atom stereocenters. The molecule has 4 rings (SSSR count). The summed E-state index contributed by atoms with van der Waals surface area (Å²) in [5.41, 5.74) is 2.31. The van der Waals surface area contributed by atoms with E-state index in [1.807, 2.05) is 44.2 Å². The van der Waals surface area contributed by atoms with E-state index in [0.29, 0.717) is 11.4 Å². The predicted octanol–water partition coefficient (Wildman–Crippen LogP) is 2.32. The predicted molar refractivity (Wildman–Crippen MR) is 72.0 cm³/mol. The largest absolute Gasteiger partial charge is 0.449 e. The third-order valence-electron chi connectivity index (χ3n) is 3.09. The fourth-order valence-corrected chi connectivity index (χ4v) is 2.28. The Morgan fingerprint density at radius 2 is 1.95 bits per heavy atom. The zero-order valence-corrected chi connectivity index (χ0v) is 11.1. The van der Waals surface area contributed by atoms with Gasteiger partial charge in [0.15, 0.2) is 17.1 Å². The molecule has 20 heavy (non-hydrogen) atoms. The lowest BCUT2D eigenvalue weighted by Gasteiger charge is -2.16. The van der Waals surface area contributed by atoms with Crippen molar-refractivity contribution in [2.45, 2.75) is 19.6 Å². The maximum Gasteiger partial charge on any atom is 0.246 e. The van der Waals surface area contributed by atoms with Crippen LogP contribution in [0.4, 0.5) is 0 Å². The van der Waals surface area contributed by atoms with Crippen LogP contribution in [-0.4, -0.2) is 25.8 Å². The first-order chi connectivity index (χ1) is 9.62. The highest BCUT2D eigenvalue weighted by Gasteiger charge is 2.31. The third-order valence-corrected chi connectivity index (χ3v) is 3.09. The molecule has 0 saturated heterocycles. The Labute approximate surface area is 115 Å². The van der Waals surface area contributed by atoms with Crippen LogP contribution in [0.25, 0.3) is 16.9 Å². The molecule has 0 bridgehead atoms. The number of fused-ring (bicyclic) bond motifs is 2. The number of aromatic nitrogens is 4. The third kappa shape index (κ3) is 1.61. The summed E-state index contributed by atoms with van der Waals surface area (Å²) in [4.78, 5) is 4.31. The summed E-state index contributed by atoms with van der Waals surface area (Å²) in [7, 11) is 0. The van der Waals surface area contributed by atoms with Gasteiger partial charge in [0.2, 0.25) is 5.79 Å². The highest BCUT2D eigenvalue weighted by Crippen LogP contribution is 2.40. The monoisotopic (exact) mass is 268 g/mol. The Balaban J connectivity index is 1.85. The topological polar surface area (TPSA) is 62.1 Å². The van der Waals surface area contributed by atoms with Gasteiger partial charge in [0, 0.05) is 26.1 Å². The van der Waals surface area contributed by atoms with Crippen molar-refractivity contribution >= 4 is 11.2 Å². The summed E-state index contributed by atoms with van der Waals surface area (Å²) < 4.78 is 13.1. The molecule has 3 heterocycles. The first kappa shape index (κ1) is 11.2. The second-order valence-corrected chi connectivity index (χ2v) is 5.08. The van der Waals surface area contributed by atoms with Gasteiger partial charge in [0.25, 0.3) is 0 Å². The minimum Gasteiger partial charge on any atom is -0.449 e. The molecule has 2 aromatic heterocycles. The van der Waals surface area contributed by atoms with Crippen LogP contribution in [0.15, 0.2) is 36.5 Å². The van der Waals surface area contributed by atoms with E-state index in [2.05, 4.69) is 15.3 Å². The summed E-state index contributed by atoms with van der Waals surface area (Å²) in [6.45, 7) is 3.75. The smallest absolute Gasteiger partial charge is 0.246 e. The average Bonchev–Trinajstić information content (AvgIpc) is 2.96. The lowest BCUT2D eigenvalue weighted by atomic mass is 10.3. The number of ether oxygens (including phenoxy) is 2. The van der Waals surface area contributed by atoms with Crippen LogP contribution in [-0.2, 0) is 0 Å². The SMILES string of the molecule is CC1(C)Oc2ccc(-n3nnc4cccnc43)cc2O1. The molecule has 0 aliphatic carbocycles. The van der Waals surface area contributed by atoms with Gasteiger partial charge in [-0.1, -0.05) is 5.21 Å². The molecule has 1 aliphatic rings. The minimum absolute atomic E-state index is 0.635. The molecule has 0 N–H and O–H groups in total. The molecule has 0 fully saturated rings. The van der Waals surface area contributed by atoms with Gasteiger partial charge < -0.3 is 9.47 Å². The van der Waals surface area contributed by atoms with Crippen molar-refractivity contribution in [1.29, 1.82) is 0 Å². The van der Waals surface area contributed by atoms with Crippen molar-refractivity contribution in [1.82, 2.24) is 20.0 Å². The molecular weight excluding hydrogens is 256 g/mol. The lowest BCUT2D eigenvalue weighted by molar-refractivity contribution is -0.0431. The normalized spacial score (nSPS) is 15.7. The zero-order chi connectivity index (χ0) is 13.7. The van der Waals surface area contributed by atoms with Gasteiger partial charge in [-0.25, -0.2) is 4.98 Å². The summed E-state index contributed by atoms with van der Waals surface area (Å²) in [6, 6.07) is 9.38. The van der Waals surface area contributed by atoms with E-state index in [-0.39, 0.29) is 0 Å². The van der Waals surface area contributed by atoms with E-state index in [9.17, 15) is 0 Å². The molecule has 6 nitrogen and oxygen atoms in total. The Morgan fingerprint density at radius 1 is 1.10 bits per heavy atom. The molecule has 1 aromatic carbocycles. The molecule has 0 amide bonds. The summed E-state index contributed by atoms with van der Waals surface area (Å²) in [5, 5.41) is 8.23. The zero-order valence-electron chi connectivity index (χ0n) is 11.1. The van der Waals surface area contributed by atoms with Crippen molar-refractivity contribution in [2.24, 2.45) is 0 Å². The number of benzene rings is 1. The van der Waals surface area contributed by atoms with Gasteiger partial charge in [-0.2, -0.15) is 4.68 Å². The maximum absolute atomic E-state index is 5.74. The maximum atomic E-state index is 5.74. The molecular formula is C14H12N4O2. The van der Waals surface area contributed by atoms with Crippen LogP contribution < -0.4 is 9.47 Å². The molecule has 100 valence electrons. The van der Waals surface area contributed by atoms with E-state index in [1.165, 1.54) is 0 Å². The van der Waals surface area contributed by atoms with Crippen molar-refractivity contribution in [3.63, 3.8) is 0 Å². The fraction of sp³-hybridized carbons (Fsp3) is 0.214. The first-order valence-electron chi connectivity index (χ1n) is 6.31. The highest BCUT2D eigenvalue weighted by atomic mass is 16.7. The molecule has 1 aliphatic heterocycles. The number of nitrogens with zero attached hydrogens (tertiary/aromatic N) is 4. The number of hydrogen-bond acceptors (Lipinski definition) is 5. The Hall–Kier alpha value is -2.63. The van der Waals surface area contributed by atoms with E-state index < -0.39 is 5.79 Å². The molecule has 0 radical (unpaired) electrons. The average molecular weight is 268 g/mol. The van der Waals surface area contributed by atoms with Crippen LogP contribution in [0.3, 0.4) is 0 Å². The van der Waals surface area contributed by atoms with Gasteiger partial charge in [-0.05, 0) is 24.3 Å². The standard InChI is InChI=1S/C14H12N4O2/c1-14(2)19-11-6-5-9(8-12(11)20-14)18-13-10(16-17-18)4-3-7-15-13/h3-8H,1-2H3. The van der Waals surface area contributed by atoms with Gasteiger partial charge >= 0.3 is 0 Å². The van der Waals surface area contributed by atoms with Gasteiger partial charge in [0.1, 0.15) is 5.52 Å². The Morgan fingerprint density at radius 3 is 2.85 bits per heavy atom.